The number of benzene rings is 2. The zero-order valence-corrected chi connectivity index (χ0v) is 17.0. The van der Waals surface area contributed by atoms with Crippen molar-refractivity contribution >= 4 is 0 Å². The van der Waals surface area contributed by atoms with Crippen molar-refractivity contribution in [3.05, 3.63) is 77.0 Å². The molecular formula is C27H28N+. The Bertz CT molecular complexity index is 1100. The van der Waals surface area contributed by atoms with E-state index < -0.39 is 0 Å². The summed E-state index contributed by atoms with van der Waals surface area (Å²) >= 11 is 0. The molecule has 0 amide bonds. The van der Waals surface area contributed by atoms with Gasteiger partial charge in [0, 0.05) is 17.0 Å². The maximum atomic E-state index is 2.44. The molecule has 1 unspecified atom stereocenters. The van der Waals surface area contributed by atoms with Gasteiger partial charge in [-0.3, -0.25) is 0 Å². The predicted octanol–water partition coefficient (Wildman–Crippen LogP) is 5.89. The molecule has 1 heterocycles. The molecule has 3 aliphatic carbocycles. The van der Waals surface area contributed by atoms with Gasteiger partial charge >= 0.3 is 0 Å². The van der Waals surface area contributed by atoms with Crippen molar-refractivity contribution in [2.45, 2.75) is 50.9 Å². The number of pyridine rings is 1. The molecule has 0 N–H and O–H groups in total. The van der Waals surface area contributed by atoms with Crippen LogP contribution in [0.4, 0.5) is 0 Å². The Morgan fingerprint density at radius 3 is 2.57 bits per heavy atom. The fourth-order valence-electron chi connectivity index (χ4n) is 6.74. The van der Waals surface area contributed by atoms with E-state index in [0.717, 1.165) is 12.3 Å². The van der Waals surface area contributed by atoms with Crippen LogP contribution in [0.15, 0.2) is 54.7 Å². The van der Waals surface area contributed by atoms with Crippen LogP contribution in [0, 0.1) is 12.8 Å². The molecule has 28 heavy (non-hydrogen) atoms. The van der Waals surface area contributed by atoms with Gasteiger partial charge in [0.1, 0.15) is 7.05 Å². The Labute approximate surface area is 168 Å². The number of fused-ring (bicyclic) bond motifs is 5. The van der Waals surface area contributed by atoms with Crippen LogP contribution in [0.25, 0.3) is 22.4 Å². The molecule has 2 aromatic carbocycles. The molecule has 3 aliphatic rings. The summed E-state index contributed by atoms with van der Waals surface area (Å²) < 4.78 is 2.35. The molecule has 0 aliphatic heterocycles. The van der Waals surface area contributed by atoms with Gasteiger partial charge in [-0.2, -0.15) is 0 Å². The van der Waals surface area contributed by atoms with Crippen LogP contribution in [0.5, 0.6) is 0 Å². The summed E-state index contributed by atoms with van der Waals surface area (Å²) in [5, 5.41) is 0. The summed E-state index contributed by atoms with van der Waals surface area (Å²) in [6.07, 6.45) is 10.3. The molecule has 1 heteroatoms. The van der Waals surface area contributed by atoms with Crippen LogP contribution in [0.2, 0.25) is 0 Å². The highest BCUT2D eigenvalue weighted by molar-refractivity contribution is 5.91. The Hall–Kier alpha value is -2.41. The normalized spacial score (nSPS) is 22.5. The summed E-state index contributed by atoms with van der Waals surface area (Å²) in [6, 6.07) is 18.7. The molecule has 0 spiro atoms. The third-order valence-corrected chi connectivity index (χ3v) is 7.83. The standard InChI is InChI=1S/C27H28N/c1-18-14-15-22-21-12-6-7-13-23(21)27(20-10-4-3-5-11-20)17-19-9-8-16-28(2)26(19)24(18)25(22)27/h6-9,12-16,20H,3-5,10-11,17H2,1-2H3/q+1. The molecule has 0 radical (unpaired) electrons. The first-order chi connectivity index (χ1) is 13.7. The third-order valence-electron chi connectivity index (χ3n) is 7.83. The fourth-order valence-corrected chi connectivity index (χ4v) is 6.74. The summed E-state index contributed by atoms with van der Waals surface area (Å²) in [5.74, 6) is 0.753. The van der Waals surface area contributed by atoms with Crippen molar-refractivity contribution in [2.75, 3.05) is 0 Å². The summed E-state index contributed by atoms with van der Waals surface area (Å²) in [6.45, 7) is 2.31. The number of nitrogens with zero attached hydrogens (tertiary/aromatic N) is 1. The Morgan fingerprint density at radius 1 is 0.893 bits per heavy atom. The van der Waals surface area contributed by atoms with E-state index in [-0.39, 0.29) is 5.41 Å². The average molecular weight is 367 g/mol. The minimum absolute atomic E-state index is 0.162. The van der Waals surface area contributed by atoms with Crippen molar-refractivity contribution in [1.29, 1.82) is 0 Å². The molecule has 1 nitrogen and oxygen atoms in total. The number of hydrogen-bond acceptors (Lipinski definition) is 0. The zero-order valence-electron chi connectivity index (χ0n) is 17.0. The van der Waals surface area contributed by atoms with Crippen LogP contribution < -0.4 is 4.57 Å². The number of hydrogen-bond donors (Lipinski definition) is 0. The molecule has 1 fully saturated rings. The SMILES string of the molecule is Cc1ccc2c3c1-c1c(ccc[n+]1C)CC3(C1CCCCC1)c1ccccc1-2. The second-order valence-electron chi connectivity index (χ2n) is 9.20. The highest BCUT2D eigenvalue weighted by atomic mass is 14.9. The molecule has 0 saturated heterocycles. The van der Waals surface area contributed by atoms with Crippen LogP contribution in [-0.4, -0.2) is 0 Å². The minimum Gasteiger partial charge on any atom is -0.201 e. The van der Waals surface area contributed by atoms with Gasteiger partial charge in [0.15, 0.2) is 6.20 Å². The van der Waals surface area contributed by atoms with Crippen molar-refractivity contribution < 1.29 is 4.57 Å². The zero-order chi connectivity index (χ0) is 18.9. The van der Waals surface area contributed by atoms with Crippen LogP contribution in [-0.2, 0) is 18.9 Å². The van der Waals surface area contributed by atoms with Gasteiger partial charge in [-0.1, -0.05) is 55.7 Å². The highest BCUT2D eigenvalue weighted by Crippen LogP contribution is 2.62. The summed E-state index contributed by atoms with van der Waals surface area (Å²) in [7, 11) is 2.22. The van der Waals surface area contributed by atoms with Gasteiger partial charge in [0.2, 0.25) is 5.69 Å². The quantitative estimate of drug-likeness (QED) is 0.473. The summed E-state index contributed by atoms with van der Waals surface area (Å²) in [4.78, 5) is 0. The van der Waals surface area contributed by atoms with E-state index in [1.807, 2.05) is 0 Å². The number of aromatic nitrogens is 1. The van der Waals surface area contributed by atoms with E-state index >= 15 is 0 Å². The maximum Gasteiger partial charge on any atom is 0.216 e. The monoisotopic (exact) mass is 366 g/mol. The van der Waals surface area contributed by atoms with Crippen LogP contribution in [0.1, 0.15) is 54.4 Å². The first kappa shape index (κ1) is 16.5. The van der Waals surface area contributed by atoms with Crippen LogP contribution >= 0.6 is 0 Å². The van der Waals surface area contributed by atoms with Crippen molar-refractivity contribution in [3.8, 4) is 22.4 Å². The molecule has 140 valence electrons. The average Bonchev–Trinajstić information content (AvgIpc) is 3.02. The molecule has 1 saturated carbocycles. The van der Waals surface area contributed by atoms with E-state index in [1.54, 1.807) is 11.1 Å². The largest absolute Gasteiger partial charge is 0.216 e. The third kappa shape index (κ3) is 1.95. The lowest BCUT2D eigenvalue weighted by molar-refractivity contribution is -0.661. The highest BCUT2D eigenvalue weighted by Gasteiger charge is 2.53. The van der Waals surface area contributed by atoms with Crippen molar-refractivity contribution in [2.24, 2.45) is 13.0 Å². The van der Waals surface area contributed by atoms with E-state index in [0.29, 0.717) is 0 Å². The predicted molar refractivity (Wildman–Crippen MR) is 114 cm³/mol. The lowest BCUT2D eigenvalue weighted by Crippen LogP contribution is -2.44. The molecule has 1 aromatic heterocycles. The van der Waals surface area contributed by atoms with Gasteiger partial charge in [-0.05, 0) is 66.0 Å². The number of rotatable bonds is 1. The van der Waals surface area contributed by atoms with E-state index in [9.17, 15) is 0 Å². The lowest BCUT2D eigenvalue weighted by atomic mass is 9.57. The van der Waals surface area contributed by atoms with E-state index in [2.05, 4.69) is 73.3 Å². The van der Waals surface area contributed by atoms with Crippen LogP contribution in [0.3, 0.4) is 0 Å². The van der Waals surface area contributed by atoms with E-state index in [1.165, 1.54) is 65.6 Å². The maximum absolute atomic E-state index is 2.44. The molecule has 0 bridgehead atoms. The fraction of sp³-hybridized carbons (Fsp3) is 0.370. The topological polar surface area (TPSA) is 3.88 Å². The Balaban J connectivity index is 1.76. The lowest BCUT2D eigenvalue weighted by Gasteiger charge is -2.45. The van der Waals surface area contributed by atoms with Gasteiger partial charge in [0.05, 0.1) is 5.56 Å². The van der Waals surface area contributed by atoms with Gasteiger partial charge in [-0.15, -0.1) is 0 Å². The molecule has 3 aromatic rings. The smallest absolute Gasteiger partial charge is 0.201 e. The Morgan fingerprint density at radius 2 is 1.71 bits per heavy atom. The number of aryl methyl sites for hydroxylation is 2. The first-order valence-corrected chi connectivity index (χ1v) is 10.9. The van der Waals surface area contributed by atoms with Gasteiger partial charge < -0.3 is 0 Å². The minimum atomic E-state index is 0.162. The summed E-state index contributed by atoms with van der Waals surface area (Å²) in [5.41, 5.74) is 12.3. The molecule has 1 atom stereocenters. The van der Waals surface area contributed by atoms with Gasteiger partial charge in [-0.25, -0.2) is 4.57 Å². The second kappa shape index (κ2) is 5.80. The van der Waals surface area contributed by atoms with Crippen molar-refractivity contribution in [3.63, 3.8) is 0 Å². The first-order valence-electron chi connectivity index (χ1n) is 10.9. The molecular weight excluding hydrogens is 338 g/mol. The second-order valence-corrected chi connectivity index (χ2v) is 9.20. The van der Waals surface area contributed by atoms with E-state index in [4.69, 9.17) is 0 Å². The van der Waals surface area contributed by atoms with Crippen molar-refractivity contribution in [1.82, 2.24) is 0 Å². The molecule has 6 rings (SSSR count). The van der Waals surface area contributed by atoms with Gasteiger partial charge in [0.25, 0.3) is 0 Å². The Kier molecular flexibility index (Phi) is 3.42.